The monoisotopic (exact) mass is 502 g/mol. The van der Waals surface area contributed by atoms with Gasteiger partial charge in [0.2, 0.25) is 6.79 Å². The first-order valence-corrected chi connectivity index (χ1v) is 11.5. The van der Waals surface area contributed by atoms with Gasteiger partial charge in [0, 0.05) is 25.1 Å². The first-order valence-electron chi connectivity index (χ1n) is 11.5. The van der Waals surface area contributed by atoms with Crippen LogP contribution in [0.5, 0.6) is 17.2 Å². The molecule has 1 N–H and O–H groups in total. The predicted molar refractivity (Wildman–Crippen MR) is 131 cm³/mol. The van der Waals surface area contributed by atoms with Gasteiger partial charge >= 0.3 is 11.9 Å². The summed E-state index contributed by atoms with van der Waals surface area (Å²) < 4.78 is 26.4. The fraction of sp³-hybridized carbons (Fsp3) is 0.462. The van der Waals surface area contributed by atoms with Crippen molar-refractivity contribution < 1.29 is 38.1 Å². The average molecular weight is 503 g/mol. The SMILES string of the molecule is COc1ccc([C@H](C(C)C)[C@H](C)OC(=O)[C@H](C)NC(=O)c2nccc(OC)c2OCOC(C)=O)cc1. The number of methoxy groups -OCH3 is 2. The molecule has 0 radical (unpaired) electrons. The summed E-state index contributed by atoms with van der Waals surface area (Å²) in [6.45, 7) is 8.24. The lowest BCUT2D eigenvalue weighted by Crippen LogP contribution is -2.42. The lowest BCUT2D eigenvalue weighted by Gasteiger charge is -2.29. The highest BCUT2D eigenvalue weighted by Gasteiger charge is 2.29. The minimum atomic E-state index is -0.974. The molecule has 0 bridgehead atoms. The molecule has 0 aliphatic heterocycles. The van der Waals surface area contributed by atoms with Gasteiger partial charge in [-0.25, -0.2) is 9.78 Å². The van der Waals surface area contributed by atoms with Gasteiger partial charge in [0.15, 0.2) is 17.2 Å². The van der Waals surface area contributed by atoms with Crippen LogP contribution in [0, 0.1) is 5.92 Å². The molecule has 0 aliphatic rings. The quantitative estimate of drug-likeness (QED) is 0.343. The Morgan fingerprint density at radius 3 is 2.19 bits per heavy atom. The fourth-order valence-electron chi connectivity index (χ4n) is 3.77. The summed E-state index contributed by atoms with van der Waals surface area (Å²) >= 11 is 0. The molecule has 3 atom stereocenters. The van der Waals surface area contributed by atoms with Gasteiger partial charge in [-0.3, -0.25) is 9.59 Å². The molecule has 0 unspecified atom stereocenters. The Morgan fingerprint density at radius 1 is 0.972 bits per heavy atom. The summed E-state index contributed by atoms with van der Waals surface area (Å²) in [5.74, 6) is -0.779. The van der Waals surface area contributed by atoms with Crippen molar-refractivity contribution in [2.24, 2.45) is 5.92 Å². The summed E-state index contributed by atoms with van der Waals surface area (Å²) in [5.41, 5.74) is 0.880. The highest BCUT2D eigenvalue weighted by atomic mass is 16.7. The first kappa shape index (κ1) is 28.4. The number of amides is 1. The lowest BCUT2D eigenvalue weighted by molar-refractivity contribution is -0.152. The van der Waals surface area contributed by atoms with E-state index >= 15 is 0 Å². The number of pyridine rings is 1. The van der Waals surface area contributed by atoms with E-state index in [1.54, 1.807) is 7.11 Å². The molecule has 36 heavy (non-hydrogen) atoms. The maximum absolute atomic E-state index is 12.9. The molecule has 2 aromatic rings. The van der Waals surface area contributed by atoms with Crippen molar-refractivity contribution in [1.29, 1.82) is 0 Å². The number of benzene rings is 1. The van der Waals surface area contributed by atoms with Gasteiger partial charge in [-0.05, 0) is 37.5 Å². The van der Waals surface area contributed by atoms with Crippen LogP contribution in [0.15, 0.2) is 36.5 Å². The van der Waals surface area contributed by atoms with Crippen LogP contribution in [0.25, 0.3) is 0 Å². The zero-order valence-electron chi connectivity index (χ0n) is 21.7. The highest BCUT2D eigenvalue weighted by Crippen LogP contribution is 2.32. The number of hydrogen-bond acceptors (Lipinski definition) is 9. The third kappa shape index (κ3) is 7.59. The van der Waals surface area contributed by atoms with Crippen LogP contribution in [0.1, 0.15) is 56.6 Å². The Hall–Kier alpha value is -3.82. The second-order valence-corrected chi connectivity index (χ2v) is 8.47. The summed E-state index contributed by atoms with van der Waals surface area (Å²) in [6.07, 6.45) is 0.905. The number of esters is 2. The van der Waals surface area contributed by atoms with Crippen LogP contribution < -0.4 is 19.5 Å². The van der Waals surface area contributed by atoms with Crippen molar-refractivity contribution in [3.63, 3.8) is 0 Å². The van der Waals surface area contributed by atoms with Crippen LogP contribution in [-0.2, 0) is 19.1 Å². The number of carbonyl (C=O) groups excluding carboxylic acids is 3. The number of hydrogen-bond donors (Lipinski definition) is 1. The summed E-state index contributed by atoms with van der Waals surface area (Å²) in [4.78, 5) is 40.8. The van der Waals surface area contributed by atoms with Crippen LogP contribution in [0.3, 0.4) is 0 Å². The third-order valence-corrected chi connectivity index (χ3v) is 5.50. The molecule has 0 saturated carbocycles. The van der Waals surface area contributed by atoms with E-state index in [-0.39, 0.29) is 29.0 Å². The van der Waals surface area contributed by atoms with Crippen LogP contribution in [0.2, 0.25) is 0 Å². The fourth-order valence-corrected chi connectivity index (χ4v) is 3.77. The Bertz CT molecular complexity index is 1040. The van der Waals surface area contributed by atoms with Crippen molar-refractivity contribution in [3.05, 3.63) is 47.8 Å². The molecule has 0 aliphatic carbocycles. The number of nitrogens with zero attached hydrogens (tertiary/aromatic N) is 1. The zero-order chi connectivity index (χ0) is 26.8. The number of nitrogens with one attached hydrogen (secondary N) is 1. The Morgan fingerprint density at radius 2 is 1.64 bits per heavy atom. The van der Waals surface area contributed by atoms with E-state index in [4.69, 9.17) is 23.7 Å². The number of carbonyl (C=O) groups is 3. The lowest BCUT2D eigenvalue weighted by atomic mass is 9.84. The third-order valence-electron chi connectivity index (χ3n) is 5.50. The summed E-state index contributed by atoms with van der Waals surface area (Å²) in [5, 5.41) is 2.58. The van der Waals surface area contributed by atoms with E-state index in [2.05, 4.69) is 24.1 Å². The van der Waals surface area contributed by atoms with E-state index in [1.165, 1.54) is 33.2 Å². The van der Waals surface area contributed by atoms with Gasteiger partial charge in [0.25, 0.3) is 5.91 Å². The molecule has 1 aromatic heterocycles. The molecule has 2 rings (SSSR count). The maximum atomic E-state index is 12.9. The topological polar surface area (TPSA) is 122 Å². The van der Waals surface area contributed by atoms with Gasteiger partial charge in [0.05, 0.1) is 14.2 Å². The molecule has 0 fully saturated rings. The van der Waals surface area contributed by atoms with Gasteiger partial charge in [-0.2, -0.15) is 0 Å². The van der Waals surface area contributed by atoms with Gasteiger partial charge in [-0.1, -0.05) is 26.0 Å². The highest BCUT2D eigenvalue weighted by molar-refractivity contribution is 5.98. The van der Waals surface area contributed by atoms with Crippen LogP contribution in [0.4, 0.5) is 0 Å². The Labute approximate surface area is 211 Å². The van der Waals surface area contributed by atoms with E-state index in [1.807, 2.05) is 31.2 Å². The molecule has 196 valence electrons. The zero-order valence-corrected chi connectivity index (χ0v) is 21.7. The molecule has 10 nitrogen and oxygen atoms in total. The van der Waals surface area contributed by atoms with Crippen molar-refractivity contribution in [3.8, 4) is 17.2 Å². The van der Waals surface area contributed by atoms with Crippen molar-refractivity contribution in [2.45, 2.75) is 52.7 Å². The minimum Gasteiger partial charge on any atom is -0.497 e. The van der Waals surface area contributed by atoms with E-state index in [0.29, 0.717) is 0 Å². The molecular formula is C26H34N2O8. The van der Waals surface area contributed by atoms with Crippen molar-refractivity contribution in [2.75, 3.05) is 21.0 Å². The van der Waals surface area contributed by atoms with Crippen molar-refractivity contribution >= 4 is 17.8 Å². The number of rotatable bonds is 12. The Kier molecular flexibility index (Phi) is 10.5. The molecule has 0 saturated heterocycles. The molecule has 1 amide bonds. The second-order valence-electron chi connectivity index (χ2n) is 8.47. The molecule has 1 heterocycles. The largest absolute Gasteiger partial charge is 0.497 e. The molecular weight excluding hydrogens is 468 g/mol. The molecule has 1 aromatic carbocycles. The minimum absolute atomic E-state index is 0.0212. The van der Waals surface area contributed by atoms with Crippen LogP contribution in [-0.4, -0.2) is 56.0 Å². The maximum Gasteiger partial charge on any atom is 0.328 e. The van der Waals surface area contributed by atoms with Gasteiger partial charge in [-0.15, -0.1) is 0 Å². The molecule has 0 spiro atoms. The summed E-state index contributed by atoms with van der Waals surface area (Å²) in [7, 11) is 3.00. The second kappa shape index (κ2) is 13.3. The average Bonchev–Trinajstić information content (AvgIpc) is 2.83. The standard InChI is InChI=1S/C26H34N2O8/c1-15(2)22(19-8-10-20(32-6)11-9-19)17(4)36-26(31)16(3)28-25(30)23-24(35-14-34-18(5)29)21(33-7)12-13-27-23/h8-13,15-17,22H,14H2,1-7H3,(H,28,30)/t16-,17-,22+/m0/s1. The normalized spacial score (nSPS) is 13.2. The smallest absolute Gasteiger partial charge is 0.328 e. The van der Waals surface area contributed by atoms with Gasteiger partial charge in [0.1, 0.15) is 17.9 Å². The predicted octanol–water partition coefficient (Wildman–Crippen LogP) is 3.49. The number of aromatic nitrogens is 1. The van der Waals surface area contributed by atoms with Crippen molar-refractivity contribution in [1.82, 2.24) is 10.3 Å². The van der Waals surface area contributed by atoms with E-state index in [9.17, 15) is 14.4 Å². The first-order chi connectivity index (χ1) is 17.1. The van der Waals surface area contributed by atoms with E-state index in [0.717, 1.165) is 11.3 Å². The summed E-state index contributed by atoms with van der Waals surface area (Å²) in [6, 6.07) is 8.15. The number of ether oxygens (including phenoxy) is 5. The molecule has 10 heteroatoms. The van der Waals surface area contributed by atoms with Crippen LogP contribution >= 0.6 is 0 Å². The van der Waals surface area contributed by atoms with Gasteiger partial charge < -0.3 is 29.0 Å². The van der Waals surface area contributed by atoms with E-state index < -0.39 is 36.8 Å². The Balaban J connectivity index is 2.11.